The Labute approximate surface area is 121 Å². The summed E-state index contributed by atoms with van der Waals surface area (Å²) in [6.45, 7) is 2.62. The highest BCUT2D eigenvalue weighted by Crippen LogP contribution is 2.20. The lowest BCUT2D eigenvalue weighted by molar-refractivity contribution is -0.120. The summed E-state index contributed by atoms with van der Waals surface area (Å²) in [5.74, 6) is -0.0249. The van der Waals surface area contributed by atoms with Gasteiger partial charge in [-0.05, 0) is 14.0 Å². The predicted molar refractivity (Wildman–Crippen MR) is 78.4 cm³/mol. The van der Waals surface area contributed by atoms with Gasteiger partial charge in [-0.15, -0.1) is 11.3 Å². The number of nitrogens with one attached hydrogen (secondary N) is 2. The number of rotatable bonds is 6. The Morgan fingerprint density at radius 1 is 1.45 bits per heavy atom. The van der Waals surface area contributed by atoms with Crippen LogP contribution in [0.4, 0.5) is 0 Å². The maximum Gasteiger partial charge on any atom is 0.226 e. The van der Waals surface area contributed by atoms with Gasteiger partial charge in [-0.3, -0.25) is 14.8 Å². The van der Waals surface area contributed by atoms with Gasteiger partial charge in [0.15, 0.2) is 0 Å². The Balaban J connectivity index is 1.91. The Morgan fingerprint density at radius 2 is 2.30 bits per heavy atom. The molecule has 2 aromatic heterocycles. The first-order valence-electron chi connectivity index (χ1n) is 6.33. The van der Waals surface area contributed by atoms with Gasteiger partial charge >= 0.3 is 0 Å². The number of aromatic nitrogens is 3. The van der Waals surface area contributed by atoms with Gasteiger partial charge in [0.1, 0.15) is 10.7 Å². The number of nitrogens with zero attached hydrogens (tertiary/aromatic N) is 3. The topological polar surface area (TPSA) is 79.8 Å². The summed E-state index contributed by atoms with van der Waals surface area (Å²) in [5, 5.41) is 8.59. The van der Waals surface area contributed by atoms with Crippen LogP contribution in [-0.4, -0.2) is 40.5 Å². The van der Waals surface area contributed by atoms with Crippen LogP contribution < -0.4 is 10.6 Å². The molecule has 2 heterocycles. The van der Waals surface area contributed by atoms with E-state index in [1.165, 1.54) is 11.3 Å². The van der Waals surface area contributed by atoms with Gasteiger partial charge in [0.05, 0.1) is 18.3 Å². The molecule has 7 heteroatoms. The average Bonchev–Trinajstić information content (AvgIpc) is 2.94. The first kappa shape index (κ1) is 14.5. The van der Waals surface area contributed by atoms with Gasteiger partial charge in [0.2, 0.25) is 5.91 Å². The van der Waals surface area contributed by atoms with Crippen LogP contribution in [0.15, 0.2) is 24.0 Å². The summed E-state index contributed by atoms with van der Waals surface area (Å²) >= 11 is 1.47. The van der Waals surface area contributed by atoms with Crippen molar-refractivity contribution in [2.75, 3.05) is 13.6 Å². The fraction of sp³-hybridized carbons (Fsp3) is 0.385. The molecular weight excluding hydrogens is 274 g/mol. The van der Waals surface area contributed by atoms with Gasteiger partial charge in [-0.25, -0.2) is 4.98 Å². The molecule has 1 atom stereocenters. The van der Waals surface area contributed by atoms with Crippen LogP contribution in [0.1, 0.15) is 12.6 Å². The first-order valence-corrected chi connectivity index (χ1v) is 7.21. The standard InChI is InChI=1S/C13H17N5OS/c1-9(14-2)6-17-12(19)5-10-8-20-13(18-10)11-7-15-3-4-16-11/h3-4,7-9,14H,5-6H2,1-2H3,(H,17,19). The molecule has 0 aliphatic heterocycles. The fourth-order valence-corrected chi connectivity index (χ4v) is 2.29. The summed E-state index contributed by atoms with van der Waals surface area (Å²) in [6.07, 6.45) is 5.20. The molecule has 20 heavy (non-hydrogen) atoms. The van der Waals surface area contributed by atoms with E-state index in [1.807, 2.05) is 19.4 Å². The average molecular weight is 291 g/mol. The second-order valence-corrected chi connectivity index (χ2v) is 5.26. The normalized spacial score (nSPS) is 12.1. The van der Waals surface area contributed by atoms with Crippen molar-refractivity contribution in [3.63, 3.8) is 0 Å². The Bertz CT molecular complexity index is 557. The quantitative estimate of drug-likeness (QED) is 0.825. The van der Waals surface area contributed by atoms with E-state index in [2.05, 4.69) is 25.6 Å². The van der Waals surface area contributed by atoms with Crippen molar-refractivity contribution in [2.45, 2.75) is 19.4 Å². The molecule has 2 rings (SSSR count). The lowest BCUT2D eigenvalue weighted by Gasteiger charge is -2.10. The van der Waals surface area contributed by atoms with Crippen LogP contribution in [0.2, 0.25) is 0 Å². The molecule has 0 spiro atoms. The number of amides is 1. The van der Waals surface area contributed by atoms with E-state index in [0.717, 1.165) is 16.4 Å². The minimum Gasteiger partial charge on any atom is -0.354 e. The van der Waals surface area contributed by atoms with Crippen molar-refractivity contribution in [3.05, 3.63) is 29.7 Å². The van der Waals surface area contributed by atoms with E-state index in [-0.39, 0.29) is 18.4 Å². The van der Waals surface area contributed by atoms with Crippen LogP contribution in [0.3, 0.4) is 0 Å². The molecule has 0 saturated heterocycles. The molecule has 2 aromatic rings. The molecule has 2 N–H and O–H groups in total. The van der Waals surface area contributed by atoms with Gasteiger partial charge < -0.3 is 10.6 Å². The van der Waals surface area contributed by atoms with Crippen molar-refractivity contribution in [3.8, 4) is 10.7 Å². The van der Waals surface area contributed by atoms with Gasteiger partial charge in [-0.1, -0.05) is 0 Å². The second kappa shape index (κ2) is 7.06. The number of likely N-dealkylation sites (N-methyl/N-ethyl adjacent to an activating group) is 1. The van der Waals surface area contributed by atoms with E-state index in [9.17, 15) is 4.79 Å². The van der Waals surface area contributed by atoms with Crippen molar-refractivity contribution in [1.82, 2.24) is 25.6 Å². The van der Waals surface area contributed by atoms with Crippen LogP contribution in [0.5, 0.6) is 0 Å². The van der Waals surface area contributed by atoms with E-state index >= 15 is 0 Å². The zero-order valence-electron chi connectivity index (χ0n) is 11.5. The molecule has 1 amide bonds. The van der Waals surface area contributed by atoms with E-state index in [0.29, 0.717) is 6.54 Å². The highest BCUT2D eigenvalue weighted by atomic mass is 32.1. The number of hydrogen-bond acceptors (Lipinski definition) is 6. The number of carbonyl (C=O) groups is 1. The summed E-state index contributed by atoms with van der Waals surface area (Å²) < 4.78 is 0. The molecule has 0 aliphatic carbocycles. The SMILES string of the molecule is CNC(C)CNC(=O)Cc1csc(-c2cnccn2)n1. The highest BCUT2D eigenvalue weighted by molar-refractivity contribution is 7.13. The van der Waals surface area contributed by atoms with Crippen molar-refractivity contribution < 1.29 is 4.79 Å². The largest absolute Gasteiger partial charge is 0.354 e. The van der Waals surface area contributed by atoms with Crippen molar-refractivity contribution in [1.29, 1.82) is 0 Å². The first-order chi connectivity index (χ1) is 9.69. The van der Waals surface area contributed by atoms with E-state index < -0.39 is 0 Å². The Kier molecular flexibility index (Phi) is 5.14. The van der Waals surface area contributed by atoms with E-state index in [4.69, 9.17) is 0 Å². The maximum absolute atomic E-state index is 11.8. The molecule has 0 fully saturated rings. The lowest BCUT2D eigenvalue weighted by atomic mass is 10.3. The maximum atomic E-state index is 11.8. The molecule has 0 aliphatic rings. The molecule has 0 bridgehead atoms. The number of hydrogen-bond donors (Lipinski definition) is 2. The van der Waals surface area contributed by atoms with Gasteiger partial charge in [0.25, 0.3) is 0 Å². The van der Waals surface area contributed by atoms with Gasteiger partial charge in [-0.2, -0.15) is 0 Å². The number of thiazole rings is 1. The molecule has 0 saturated carbocycles. The van der Waals surface area contributed by atoms with E-state index in [1.54, 1.807) is 18.6 Å². The molecule has 1 unspecified atom stereocenters. The third-order valence-electron chi connectivity index (χ3n) is 2.77. The van der Waals surface area contributed by atoms with Crippen LogP contribution in [-0.2, 0) is 11.2 Å². The summed E-state index contributed by atoms with van der Waals surface area (Å²) in [5.41, 5.74) is 1.48. The minimum absolute atomic E-state index is 0.0249. The molecule has 106 valence electrons. The lowest BCUT2D eigenvalue weighted by Crippen LogP contribution is -2.37. The summed E-state index contributed by atoms with van der Waals surface area (Å²) in [6, 6.07) is 0.254. The Morgan fingerprint density at radius 3 is 3.00 bits per heavy atom. The number of carbonyl (C=O) groups excluding carboxylic acids is 1. The smallest absolute Gasteiger partial charge is 0.226 e. The van der Waals surface area contributed by atoms with Crippen LogP contribution in [0, 0.1) is 0 Å². The zero-order chi connectivity index (χ0) is 14.4. The van der Waals surface area contributed by atoms with Crippen molar-refractivity contribution >= 4 is 17.2 Å². The monoisotopic (exact) mass is 291 g/mol. The molecule has 6 nitrogen and oxygen atoms in total. The minimum atomic E-state index is -0.0249. The van der Waals surface area contributed by atoms with Crippen LogP contribution >= 0.6 is 11.3 Å². The third kappa shape index (κ3) is 4.07. The van der Waals surface area contributed by atoms with Crippen LogP contribution in [0.25, 0.3) is 10.7 Å². The summed E-state index contributed by atoms with van der Waals surface area (Å²) in [7, 11) is 1.87. The zero-order valence-corrected chi connectivity index (χ0v) is 12.3. The Hall–Kier alpha value is -1.86. The second-order valence-electron chi connectivity index (χ2n) is 4.41. The van der Waals surface area contributed by atoms with Crippen molar-refractivity contribution in [2.24, 2.45) is 0 Å². The fourth-order valence-electron chi connectivity index (χ4n) is 1.51. The van der Waals surface area contributed by atoms with Gasteiger partial charge in [0, 0.05) is 30.4 Å². The molecular formula is C13H17N5OS. The highest BCUT2D eigenvalue weighted by Gasteiger charge is 2.10. The molecule has 0 radical (unpaired) electrons. The summed E-state index contributed by atoms with van der Waals surface area (Å²) in [4.78, 5) is 24.4. The molecule has 0 aromatic carbocycles. The predicted octanol–water partition coefficient (Wildman–Crippen LogP) is 0.867. The third-order valence-corrected chi connectivity index (χ3v) is 3.69.